The molecule has 1 heteroatoms. The third kappa shape index (κ3) is 2.62. The smallest absolute Gasteiger partial charge is 0.104 e. The average molecular weight is 240 g/mol. The van der Waals surface area contributed by atoms with Crippen molar-refractivity contribution in [3.8, 4) is 0 Å². The molecule has 0 saturated heterocycles. The highest BCUT2D eigenvalue weighted by Crippen LogP contribution is 2.30. The fourth-order valence-corrected chi connectivity index (χ4v) is 2.24. The maximum Gasteiger partial charge on any atom is 0.104 e. The van der Waals surface area contributed by atoms with Crippen LogP contribution in [0.1, 0.15) is 49.0 Å². The minimum Gasteiger partial charge on any atom is -0.384 e. The van der Waals surface area contributed by atoms with Gasteiger partial charge >= 0.3 is 0 Å². The van der Waals surface area contributed by atoms with Crippen molar-refractivity contribution in [2.75, 3.05) is 0 Å². The molecule has 0 unspecified atom stereocenters. The number of hydrogen-bond donors (Lipinski definition) is 1. The predicted octanol–water partition coefficient (Wildman–Crippen LogP) is 4.28. The quantitative estimate of drug-likeness (QED) is 0.845. The van der Waals surface area contributed by atoms with E-state index in [2.05, 4.69) is 19.9 Å². The lowest BCUT2D eigenvalue weighted by atomic mass is 9.89. The molecule has 1 N–H and O–H groups in total. The van der Waals surface area contributed by atoms with Crippen molar-refractivity contribution in [2.24, 2.45) is 0 Å². The van der Waals surface area contributed by atoms with Gasteiger partial charge in [-0.2, -0.15) is 0 Å². The number of benzene rings is 2. The van der Waals surface area contributed by atoms with Gasteiger partial charge in [0, 0.05) is 0 Å². The molecule has 94 valence electrons. The summed E-state index contributed by atoms with van der Waals surface area (Å²) >= 11 is 0. The van der Waals surface area contributed by atoms with Crippen molar-refractivity contribution >= 4 is 0 Å². The molecule has 0 amide bonds. The summed E-state index contributed by atoms with van der Waals surface area (Å²) in [6, 6.07) is 18.0. The van der Waals surface area contributed by atoms with Crippen LogP contribution in [0.2, 0.25) is 0 Å². The molecule has 0 bridgehead atoms. The Morgan fingerprint density at radius 2 is 1.44 bits per heavy atom. The summed E-state index contributed by atoms with van der Waals surface area (Å²) in [6.45, 7) is 4.38. The first-order chi connectivity index (χ1) is 8.74. The molecule has 0 fully saturated rings. The van der Waals surface area contributed by atoms with E-state index >= 15 is 0 Å². The molecule has 0 radical (unpaired) electrons. The van der Waals surface area contributed by atoms with Crippen molar-refractivity contribution in [3.63, 3.8) is 0 Å². The molecular weight excluding hydrogens is 220 g/mol. The van der Waals surface area contributed by atoms with E-state index in [9.17, 15) is 5.11 Å². The second-order valence-corrected chi connectivity index (χ2v) is 4.75. The van der Waals surface area contributed by atoms with Gasteiger partial charge in [-0.05, 0) is 29.0 Å². The van der Waals surface area contributed by atoms with Gasteiger partial charge in [-0.15, -0.1) is 0 Å². The standard InChI is InChI=1S/C17H20O/c1-3-13(2)15-11-7-8-12-16(15)17(18)14-9-5-4-6-10-14/h4-13,17-18H,3H2,1-2H3/t13-,17-/m1/s1. The predicted molar refractivity (Wildman–Crippen MR) is 75.7 cm³/mol. The first kappa shape index (κ1) is 12.8. The number of rotatable bonds is 4. The number of aliphatic hydroxyl groups excluding tert-OH is 1. The molecule has 2 rings (SSSR count). The summed E-state index contributed by atoms with van der Waals surface area (Å²) < 4.78 is 0. The van der Waals surface area contributed by atoms with Gasteiger partial charge in [0.05, 0.1) is 0 Å². The highest BCUT2D eigenvalue weighted by atomic mass is 16.3. The molecule has 2 aromatic carbocycles. The van der Waals surface area contributed by atoms with Crippen LogP contribution < -0.4 is 0 Å². The van der Waals surface area contributed by atoms with Crippen molar-refractivity contribution in [2.45, 2.75) is 32.3 Å². The average Bonchev–Trinajstić information content (AvgIpc) is 2.46. The van der Waals surface area contributed by atoms with E-state index in [1.165, 1.54) is 5.56 Å². The second kappa shape index (κ2) is 5.83. The van der Waals surface area contributed by atoms with Gasteiger partial charge in [0.15, 0.2) is 0 Å². The van der Waals surface area contributed by atoms with Crippen LogP contribution in [0.15, 0.2) is 54.6 Å². The molecular formula is C17H20O. The van der Waals surface area contributed by atoms with Crippen LogP contribution in [0.5, 0.6) is 0 Å². The van der Waals surface area contributed by atoms with Crippen molar-refractivity contribution < 1.29 is 5.11 Å². The summed E-state index contributed by atoms with van der Waals surface area (Å²) in [5.41, 5.74) is 3.22. The molecule has 0 saturated carbocycles. The molecule has 18 heavy (non-hydrogen) atoms. The first-order valence-electron chi connectivity index (χ1n) is 6.55. The Bertz CT molecular complexity index is 490. The molecule has 0 aromatic heterocycles. The van der Waals surface area contributed by atoms with E-state index in [0.29, 0.717) is 5.92 Å². The maximum absolute atomic E-state index is 10.5. The zero-order valence-corrected chi connectivity index (χ0v) is 11.0. The molecule has 0 heterocycles. The van der Waals surface area contributed by atoms with Crippen LogP contribution in [-0.2, 0) is 0 Å². The Hall–Kier alpha value is -1.60. The Morgan fingerprint density at radius 1 is 0.889 bits per heavy atom. The van der Waals surface area contributed by atoms with Gasteiger partial charge in [-0.25, -0.2) is 0 Å². The van der Waals surface area contributed by atoms with E-state index in [1.54, 1.807) is 0 Å². The van der Waals surface area contributed by atoms with E-state index in [4.69, 9.17) is 0 Å². The summed E-state index contributed by atoms with van der Waals surface area (Å²) in [4.78, 5) is 0. The van der Waals surface area contributed by atoms with Crippen LogP contribution in [0, 0.1) is 0 Å². The molecule has 0 aliphatic heterocycles. The lowest BCUT2D eigenvalue weighted by Gasteiger charge is -2.19. The molecule has 2 atom stereocenters. The topological polar surface area (TPSA) is 20.2 Å². The fourth-order valence-electron chi connectivity index (χ4n) is 2.24. The lowest BCUT2D eigenvalue weighted by Crippen LogP contribution is -2.05. The zero-order valence-electron chi connectivity index (χ0n) is 11.0. The van der Waals surface area contributed by atoms with Gasteiger partial charge in [0.1, 0.15) is 6.10 Å². The second-order valence-electron chi connectivity index (χ2n) is 4.75. The van der Waals surface area contributed by atoms with Crippen molar-refractivity contribution in [1.29, 1.82) is 0 Å². The van der Waals surface area contributed by atoms with E-state index in [0.717, 1.165) is 17.5 Å². The summed E-state index contributed by atoms with van der Waals surface area (Å²) in [5.74, 6) is 0.472. The molecule has 1 nitrogen and oxygen atoms in total. The van der Waals surface area contributed by atoms with Crippen LogP contribution in [-0.4, -0.2) is 5.11 Å². The Balaban J connectivity index is 2.39. The van der Waals surface area contributed by atoms with Crippen molar-refractivity contribution in [3.05, 3.63) is 71.3 Å². The minimum absolute atomic E-state index is 0.472. The SMILES string of the molecule is CC[C@@H](C)c1ccccc1[C@H](O)c1ccccc1. The van der Waals surface area contributed by atoms with Gasteiger partial charge in [0.25, 0.3) is 0 Å². The van der Waals surface area contributed by atoms with E-state index in [-0.39, 0.29) is 0 Å². The van der Waals surface area contributed by atoms with Gasteiger partial charge in [-0.1, -0.05) is 68.4 Å². The Labute approximate surface area is 109 Å². The number of hydrogen-bond acceptors (Lipinski definition) is 1. The van der Waals surface area contributed by atoms with E-state index in [1.807, 2.05) is 48.5 Å². The first-order valence-corrected chi connectivity index (χ1v) is 6.55. The summed E-state index contributed by atoms with van der Waals surface area (Å²) in [6.07, 6.45) is 0.551. The van der Waals surface area contributed by atoms with Crippen LogP contribution >= 0.6 is 0 Å². The monoisotopic (exact) mass is 240 g/mol. The normalized spacial score (nSPS) is 14.2. The van der Waals surface area contributed by atoms with Crippen LogP contribution in [0.25, 0.3) is 0 Å². The van der Waals surface area contributed by atoms with E-state index < -0.39 is 6.10 Å². The largest absolute Gasteiger partial charge is 0.384 e. The Kier molecular flexibility index (Phi) is 4.16. The van der Waals surface area contributed by atoms with Crippen LogP contribution in [0.3, 0.4) is 0 Å². The third-order valence-electron chi connectivity index (χ3n) is 3.55. The maximum atomic E-state index is 10.5. The molecule has 0 spiro atoms. The molecule has 0 aliphatic rings. The lowest BCUT2D eigenvalue weighted by molar-refractivity contribution is 0.218. The van der Waals surface area contributed by atoms with Gasteiger partial charge in [-0.3, -0.25) is 0 Å². The van der Waals surface area contributed by atoms with Gasteiger partial charge < -0.3 is 5.11 Å². The fraction of sp³-hybridized carbons (Fsp3) is 0.294. The molecule has 0 aliphatic carbocycles. The highest BCUT2D eigenvalue weighted by molar-refractivity contribution is 5.37. The zero-order chi connectivity index (χ0) is 13.0. The van der Waals surface area contributed by atoms with Gasteiger partial charge in [0.2, 0.25) is 0 Å². The minimum atomic E-state index is -0.531. The van der Waals surface area contributed by atoms with Crippen LogP contribution in [0.4, 0.5) is 0 Å². The Morgan fingerprint density at radius 3 is 2.06 bits per heavy atom. The summed E-state index contributed by atoms with van der Waals surface area (Å²) in [7, 11) is 0. The van der Waals surface area contributed by atoms with Crippen molar-refractivity contribution in [1.82, 2.24) is 0 Å². The third-order valence-corrected chi connectivity index (χ3v) is 3.55. The molecule has 2 aromatic rings. The highest BCUT2D eigenvalue weighted by Gasteiger charge is 2.16. The summed E-state index contributed by atoms with van der Waals surface area (Å²) in [5, 5.41) is 10.5. The number of aliphatic hydroxyl groups is 1.